The van der Waals surface area contributed by atoms with Crippen LogP contribution in [0.5, 0.6) is 0 Å². The summed E-state index contributed by atoms with van der Waals surface area (Å²) in [7, 11) is 0. The molecule has 0 aromatic carbocycles. The molecule has 2 aromatic rings. The minimum absolute atomic E-state index is 0.389. The predicted molar refractivity (Wildman–Crippen MR) is 75.2 cm³/mol. The Morgan fingerprint density at radius 3 is 2.89 bits per heavy atom. The van der Waals surface area contributed by atoms with Crippen LogP contribution in [0, 0.1) is 0 Å². The lowest BCUT2D eigenvalue weighted by Crippen LogP contribution is -2.27. The second-order valence-corrected chi connectivity index (χ2v) is 5.72. The van der Waals surface area contributed by atoms with Crippen molar-refractivity contribution in [3.8, 4) is 0 Å². The molecule has 19 heavy (non-hydrogen) atoms. The van der Waals surface area contributed by atoms with E-state index in [1.165, 1.54) is 11.1 Å². The van der Waals surface area contributed by atoms with E-state index in [0.717, 1.165) is 50.0 Å². The Labute approximate surface area is 112 Å². The van der Waals surface area contributed by atoms with E-state index >= 15 is 0 Å². The van der Waals surface area contributed by atoms with Gasteiger partial charge in [0.1, 0.15) is 11.3 Å². The molecular weight excluding hydrogens is 238 g/mol. The number of nitrogens with one attached hydrogen (secondary N) is 1. The van der Waals surface area contributed by atoms with E-state index in [1.54, 1.807) is 0 Å². The molecule has 0 atom stereocenters. The van der Waals surface area contributed by atoms with Crippen LogP contribution >= 0.6 is 0 Å². The van der Waals surface area contributed by atoms with Gasteiger partial charge in [-0.1, -0.05) is 0 Å². The molecule has 100 valence electrons. The zero-order chi connectivity index (χ0) is 12.8. The van der Waals surface area contributed by atoms with Crippen molar-refractivity contribution < 1.29 is 0 Å². The molecule has 3 heterocycles. The van der Waals surface area contributed by atoms with Gasteiger partial charge in [0, 0.05) is 24.2 Å². The van der Waals surface area contributed by atoms with Crippen molar-refractivity contribution in [2.75, 3.05) is 11.9 Å². The first-order valence-corrected chi connectivity index (χ1v) is 7.17. The fraction of sp³-hybridized carbons (Fsp3) is 0.571. The Bertz CT molecular complexity index is 610. The maximum Gasteiger partial charge on any atom is 0.131 e. The summed E-state index contributed by atoms with van der Waals surface area (Å²) in [5, 5.41) is 3.35. The molecule has 1 fully saturated rings. The number of nitrogens with zero attached hydrogens (tertiary/aromatic N) is 3. The van der Waals surface area contributed by atoms with E-state index in [-0.39, 0.29) is 0 Å². The molecule has 2 aromatic heterocycles. The Morgan fingerprint density at radius 1 is 1.21 bits per heavy atom. The Kier molecular flexibility index (Phi) is 2.48. The Hall–Kier alpha value is -1.62. The number of imidazole rings is 1. The molecule has 0 bridgehead atoms. The highest BCUT2D eigenvalue weighted by atomic mass is 15.1. The van der Waals surface area contributed by atoms with Crippen LogP contribution in [0.1, 0.15) is 37.3 Å². The minimum atomic E-state index is 0.389. The summed E-state index contributed by atoms with van der Waals surface area (Å²) in [5.41, 5.74) is 9.66. The molecule has 0 spiro atoms. The molecule has 0 saturated heterocycles. The maximum atomic E-state index is 6.01. The first-order valence-electron chi connectivity index (χ1n) is 7.17. The van der Waals surface area contributed by atoms with Crippen LogP contribution in [-0.4, -0.2) is 27.1 Å². The zero-order valence-electron chi connectivity index (χ0n) is 11.0. The SMILES string of the molecule is NC1CCC(n2cnc3cnc4c(c32)CCN4)CC1. The Morgan fingerprint density at radius 2 is 2.05 bits per heavy atom. The number of aromatic nitrogens is 3. The lowest BCUT2D eigenvalue weighted by atomic mass is 9.91. The van der Waals surface area contributed by atoms with Gasteiger partial charge in [0.25, 0.3) is 0 Å². The molecule has 5 nitrogen and oxygen atoms in total. The number of hydrogen-bond acceptors (Lipinski definition) is 4. The third-order valence-electron chi connectivity index (χ3n) is 4.51. The average Bonchev–Trinajstić information content (AvgIpc) is 3.04. The van der Waals surface area contributed by atoms with E-state index in [4.69, 9.17) is 5.73 Å². The number of rotatable bonds is 1. The summed E-state index contributed by atoms with van der Waals surface area (Å²) in [6.07, 6.45) is 9.50. The largest absolute Gasteiger partial charge is 0.369 e. The van der Waals surface area contributed by atoms with Gasteiger partial charge in [0.15, 0.2) is 0 Å². The summed E-state index contributed by atoms with van der Waals surface area (Å²) in [6.45, 7) is 0.988. The summed E-state index contributed by atoms with van der Waals surface area (Å²) < 4.78 is 2.37. The number of nitrogens with two attached hydrogens (primary N) is 1. The molecule has 0 radical (unpaired) electrons. The van der Waals surface area contributed by atoms with Gasteiger partial charge >= 0.3 is 0 Å². The summed E-state index contributed by atoms with van der Waals surface area (Å²) in [5.74, 6) is 1.04. The van der Waals surface area contributed by atoms with Crippen LogP contribution in [0.25, 0.3) is 11.0 Å². The van der Waals surface area contributed by atoms with Crippen LogP contribution < -0.4 is 11.1 Å². The van der Waals surface area contributed by atoms with Crippen LogP contribution in [0.4, 0.5) is 5.82 Å². The van der Waals surface area contributed by atoms with Gasteiger partial charge in [-0.3, -0.25) is 0 Å². The van der Waals surface area contributed by atoms with E-state index in [0.29, 0.717) is 12.1 Å². The summed E-state index contributed by atoms with van der Waals surface area (Å²) >= 11 is 0. The maximum absolute atomic E-state index is 6.01. The van der Waals surface area contributed by atoms with E-state index in [9.17, 15) is 0 Å². The second kappa shape index (κ2) is 4.20. The standard InChI is InChI=1S/C14H19N5/c15-9-1-3-10(4-2-9)19-8-18-12-7-17-14-11(13(12)19)5-6-16-14/h7-10H,1-6,15H2,(H,16,17). The van der Waals surface area contributed by atoms with Crippen LogP contribution in [0.2, 0.25) is 0 Å². The fourth-order valence-electron chi connectivity index (χ4n) is 3.45. The minimum Gasteiger partial charge on any atom is -0.369 e. The third-order valence-corrected chi connectivity index (χ3v) is 4.51. The summed E-state index contributed by atoms with van der Waals surface area (Å²) in [6, 6.07) is 0.942. The molecule has 1 aliphatic heterocycles. The highest BCUT2D eigenvalue weighted by Gasteiger charge is 2.24. The van der Waals surface area contributed by atoms with Crippen LogP contribution in [-0.2, 0) is 6.42 Å². The predicted octanol–water partition coefficient (Wildman–Crippen LogP) is 1.84. The van der Waals surface area contributed by atoms with Crippen molar-refractivity contribution in [3.05, 3.63) is 18.1 Å². The van der Waals surface area contributed by atoms with Crippen molar-refractivity contribution in [2.24, 2.45) is 5.73 Å². The number of pyridine rings is 1. The molecule has 2 aliphatic rings. The monoisotopic (exact) mass is 257 g/mol. The van der Waals surface area contributed by atoms with E-state index in [2.05, 4.69) is 19.9 Å². The van der Waals surface area contributed by atoms with Gasteiger partial charge in [-0.25, -0.2) is 9.97 Å². The molecular formula is C14H19N5. The van der Waals surface area contributed by atoms with Crippen molar-refractivity contribution in [3.63, 3.8) is 0 Å². The highest BCUT2D eigenvalue weighted by molar-refractivity contribution is 5.83. The molecule has 4 rings (SSSR count). The van der Waals surface area contributed by atoms with Crippen molar-refractivity contribution in [2.45, 2.75) is 44.2 Å². The van der Waals surface area contributed by atoms with Crippen molar-refractivity contribution >= 4 is 16.9 Å². The van der Waals surface area contributed by atoms with Crippen molar-refractivity contribution in [1.82, 2.24) is 14.5 Å². The fourth-order valence-corrected chi connectivity index (χ4v) is 3.45. The van der Waals surface area contributed by atoms with Gasteiger partial charge in [0.2, 0.25) is 0 Å². The second-order valence-electron chi connectivity index (χ2n) is 5.72. The Balaban J connectivity index is 1.80. The van der Waals surface area contributed by atoms with Gasteiger partial charge in [0.05, 0.1) is 18.0 Å². The van der Waals surface area contributed by atoms with Crippen LogP contribution in [0.15, 0.2) is 12.5 Å². The highest BCUT2D eigenvalue weighted by Crippen LogP contribution is 2.34. The zero-order valence-corrected chi connectivity index (χ0v) is 11.0. The topological polar surface area (TPSA) is 68.8 Å². The molecule has 1 aliphatic carbocycles. The van der Waals surface area contributed by atoms with Gasteiger partial charge in [-0.15, -0.1) is 0 Å². The van der Waals surface area contributed by atoms with Crippen molar-refractivity contribution in [1.29, 1.82) is 0 Å². The quantitative estimate of drug-likeness (QED) is 0.818. The summed E-state index contributed by atoms with van der Waals surface area (Å²) in [4.78, 5) is 8.98. The molecule has 0 amide bonds. The smallest absolute Gasteiger partial charge is 0.131 e. The molecule has 5 heteroatoms. The average molecular weight is 257 g/mol. The molecule has 1 saturated carbocycles. The number of hydrogen-bond donors (Lipinski definition) is 2. The first kappa shape index (κ1) is 11.2. The first-order chi connectivity index (χ1) is 9.33. The number of fused-ring (bicyclic) bond motifs is 3. The van der Waals surface area contributed by atoms with Gasteiger partial charge < -0.3 is 15.6 Å². The third kappa shape index (κ3) is 1.72. The number of anilines is 1. The van der Waals surface area contributed by atoms with E-state index in [1.807, 2.05) is 12.5 Å². The normalized spacial score (nSPS) is 26.4. The molecule has 0 unspecified atom stereocenters. The lowest BCUT2D eigenvalue weighted by Gasteiger charge is -2.27. The lowest BCUT2D eigenvalue weighted by molar-refractivity contribution is 0.328. The van der Waals surface area contributed by atoms with Gasteiger partial charge in [-0.05, 0) is 32.1 Å². The van der Waals surface area contributed by atoms with E-state index < -0.39 is 0 Å². The van der Waals surface area contributed by atoms with Gasteiger partial charge in [-0.2, -0.15) is 0 Å². The molecule has 3 N–H and O–H groups in total. The van der Waals surface area contributed by atoms with Crippen LogP contribution in [0.3, 0.4) is 0 Å².